The minimum absolute atomic E-state index is 0.128. The third-order valence-electron chi connectivity index (χ3n) is 4.77. The van der Waals surface area contributed by atoms with E-state index in [-0.39, 0.29) is 6.04 Å². The number of hydrogen-bond donors (Lipinski definition) is 0. The Morgan fingerprint density at radius 1 is 1.04 bits per heavy atom. The Morgan fingerprint density at radius 3 is 2.58 bits per heavy atom. The Hall–Kier alpha value is -2.66. The summed E-state index contributed by atoms with van der Waals surface area (Å²) in [5, 5.41) is 8.30. The molecule has 2 aromatic carbocycles. The number of ether oxygens (including phenoxy) is 1. The van der Waals surface area contributed by atoms with Crippen LogP contribution in [-0.2, 0) is 13.0 Å². The summed E-state index contributed by atoms with van der Waals surface area (Å²) in [5.41, 5.74) is 2.74. The van der Waals surface area contributed by atoms with Gasteiger partial charge in [0.1, 0.15) is 5.75 Å². The van der Waals surface area contributed by atoms with Gasteiger partial charge in [0.15, 0.2) is 0 Å². The van der Waals surface area contributed by atoms with Gasteiger partial charge in [-0.2, -0.15) is 0 Å². The van der Waals surface area contributed by atoms with Gasteiger partial charge in [-0.15, -0.1) is 10.2 Å². The summed E-state index contributed by atoms with van der Waals surface area (Å²) in [5.74, 6) is 2.24. The lowest BCUT2D eigenvalue weighted by Crippen LogP contribution is -2.35. The number of fused-ring (bicyclic) bond motifs is 1. The number of aromatic nitrogens is 2. The van der Waals surface area contributed by atoms with E-state index < -0.39 is 0 Å². The molecule has 0 amide bonds. The zero-order valence-electron chi connectivity index (χ0n) is 15.0. The normalized spacial score (nSPS) is 17.0. The van der Waals surface area contributed by atoms with Gasteiger partial charge in [0.05, 0.1) is 12.6 Å². The maximum atomic E-state index is 5.83. The maximum Gasteiger partial charge on any atom is 0.233 e. The molecule has 0 N–H and O–H groups in total. The SMILES string of the molecule is Cc1nnc([C@@H]2Cc3ccccc3CN2CCCOc2ccccc2)o1. The number of hydrogen-bond acceptors (Lipinski definition) is 5. The molecule has 0 saturated heterocycles. The van der Waals surface area contributed by atoms with Gasteiger partial charge in [0.25, 0.3) is 0 Å². The molecule has 1 aliphatic heterocycles. The lowest BCUT2D eigenvalue weighted by molar-refractivity contribution is 0.135. The van der Waals surface area contributed by atoms with Crippen molar-refractivity contribution >= 4 is 0 Å². The third-order valence-corrected chi connectivity index (χ3v) is 4.77. The second-order valence-corrected chi connectivity index (χ2v) is 6.63. The van der Waals surface area contributed by atoms with Crippen molar-refractivity contribution in [1.82, 2.24) is 15.1 Å². The molecule has 0 aliphatic carbocycles. The molecule has 1 aliphatic rings. The number of nitrogens with zero attached hydrogens (tertiary/aromatic N) is 3. The molecule has 0 bridgehead atoms. The van der Waals surface area contributed by atoms with E-state index in [1.54, 1.807) is 0 Å². The fourth-order valence-corrected chi connectivity index (χ4v) is 3.48. The van der Waals surface area contributed by atoms with E-state index in [1.165, 1.54) is 11.1 Å². The molecule has 2 heterocycles. The van der Waals surface area contributed by atoms with Crippen LogP contribution in [0.3, 0.4) is 0 Å². The first-order valence-corrected chi connectivity index (χ1v) is 9.08. The first kappa shape index (κ1) is 16.8. The summed E-state index contributed by atoms with van der Waals surface area (Å²) in [6.07, 6.45) is 1.85. The van der Waals surface area contributed by atoms with Gasteiger partial charge in [0.2, 0.25) is 11.8 Å². The van der Waals surface area contributed by atoms with Crippen LogP contribution < -0.4 is 4.74 Å². The molecule has 0 unspecified atom stereocenters. The zero-order valence-corrected chi connectivity index (χ0v) is 15.0. The predicted octanol–water partition coefficient (Wildman–Crippen LogP) is 3.95. The fourth-order valence-electron chi connectivity index (χ4n) is 3.48. The van der Waals surface area contributed by atoms with Crippen LogP contribution in [0.25, 0.3) is 0 Å². The highest BCUT2D eigenvalue weighted by molar-refractivity contribution is 5.30. The molecule has 0 spiro atoms. The predicted molar refractivity (Wildman–Crippen MR) is 98.9 cm³/mol. The molecule has 5 heteroatoms. The lowest BCUT2D eigenvalue weighted by Gasteiger charge is -2.34. The van der Waals surface area contributed by atoms with Crippen LogP contribution in [0.2, 0.25) is 0 Å². The summed E-state index contributed by atoms with van der Waals surface area (Å²) in [4.78, 5) is 2.42. The van der Waals surface area contributed by atoms with Gasteiger partial charge >= 0.3 is 0 Å². The number of para-hydroxylation sites is 1. The van der Waals surface area contributed by atoms with Crippen molar-refractivity contribution in [3.63, 3.8) is 0 Å². The molecular formula is C21H23N3O2. The summed E-state index contributed by atoms with van der Waals surface area (Å²) < 4.78 is 11.6. The van der Waals surface area contributed by atoms with Crippen LogP contribution in [-0.4, -0.2) is 28.2 Å². The highest BCUT2D eigenvalue weighted by atomic mass is 16.5. The molecule has 0 fully saturated rings. The number of rotatable bonds is 6. The van der Waals surface area contributed by atoms with Crippen molar-refractivity contribution in [2.75, 3.05) is 13.2 Å². The van der Waals surface area contributed by atoms with Crippen molar-refractivity contribution in [2.24, 2.45) is 0 Å². The standard InChI is InChI=1S/C21H23N3O2/c1-16-22-23-21(26-16)20-14-17-8-5-6-9-18(17)15-24(20)12-7-13-25-19-10-3-2-4-11-19/h2-6,8-11,20H,7,12-15H2,1H3/t20-/m0/s1. The molecule has 0 radical (unpaired) electrons. The Bertz CT molecular complexity index is 847. The van der Waals surface area contributed by atoms with Gasteiger partial charge in [-0.05, 0) is 36.1 Å². The molecule has 4 rings (SSSR count). The molecule has 26 heavy (non-hydrogen) atoms. The largest absolute Gasteiger partial charge is 0.494 e. The van der Waals surface area contributed by atoms with E-state index in [9.17, 15) is 0 Å². The molecule has 0 saturated carbocycles. The molecule has 5 nitrogen and oxygen atoms in total. The van der Waals surface area contributed by atoms with Crippen LogP contribution in [0.15, 0.2) is 59.0 Å². The Kier molecular flexibility index (Phi) is 4.97. The Morgan fingerprint density at radius 2 is 1.81 bits per heavy atom. The smallest absolute Gasteiger partial charge is 0.233 e. The summed E-state index contributed by atoms with van der Waals surface area (Å²) in [7, 11) is 0. The van der Waals surface area contributed by atoms with Crippen LogP contribution >= 0.6 is 0 Å². The van der Waals surface area contributed by atoms with Gasteiger partial charge in [-0.1, -0.05) is 42.5 Å². The van der Waals surface area contributed by atoms with E-state index in [4.69, 9.17) is 9.15 Å². The van der Waals surface area contributed by atoms with Gasteiger partial charge in [-0.3, -0.25) is 4.90 Å². The molecule has 1 atom stereocenters. The molecular weight excluding hydrogens is 326 g/mol. The average Bonchev–Trinajstić information content (AvgIpc) is 3.11. The van der Waals surface area contributed by atoms with Crippen molar-refractivity contribution in [3.8, 4) is 5.75 Å². The van der Waals surface area contributed by atoms with Crippen LogP contribution in [0, 0.1) is 6.92 Å². The monoisotopic (exact) mass is 349 g/mol. The quantitative estimate of drug-likeness (QED) is 0.631. The van der Waals surface area contributed by atoms with Gasteiger partial charge in [0, 0.05) is 20.0 Å². The highest BCUT2D eigenvalue weighted by Gasteiger charge is 2.30. The Labute approximate surface area is 153 Å². The van der Waals surface area contributed by atoms with Gasteiger partial charge in [-0.25, -0.2) is 0 Å². The second-order valence-electron chi connectivity index (χ2n) is 6.63. The first-order chi connectivity index (χ1) is 12.8. The summed E-state index contributed by atoms with van der Waals surface area (Å²) in [6.45, 7) is 4.35. The van der Waals surface area contributed by atoms with Crippen molar-refractivity contribution in [3.05, 3.63) is 77.5 Å². The topological polar surface area (TPSA) is 51.4 Å². The minimum Gasteiger partial charge on any atom is -0.494 e. The summed E-state index contributed by atoms with van der Waals surface area (Å²) in [6, 6.07) is 18.7. The van der Waals surface area contributed by atoms with E-state index in [0.29, 0.717) is 18.4 Å². The fraction of sp³-hybridized carbons (Fsp3) is 0.333. The van der Waals surface area contributed by atoms with Crippen LogP contribution in [0.4, 0.5) is 0 Å². The van der Waals surface area contributed by atoms with Crippen molar-refractivity contribution in [1.29, 1.82) is 0 Å². The van der Waals surface area contributed by atoms with Gasteiger partial charge < -0.3 is 9.15 Å². The van der Waals surface area contributed by atoms with E-state index in [2.05, 4.69) is 39.4 Å². The lowest BCUT2D eigenvalue weighted by atomic mass is 9.93. The van der Waals surface area contributed by atoms with Crippen LogP contribution in [0.1, 0.15) is 35.4 Å². The molecule has 3 aromatic rings. The first-order valence-electron chi connectivity index (χ1n) is 9.08. The highest BCUT2D eigenvalue weighted by Crippen LogP contribution is 2.32. The average molecular weight is 349 g/mol. The Balaban J connectivity index is 1.43. The van der Waals surface area contributed by atoms with Crippen molar-refractivity contribution < 1.29 is 9.15 Å². The van der Waals surface area contributed by atoms with Crippen molar-refractivity contribution in [2.45, 2.75) is 32.4 Å². The minimum atomic E-state index is 0.128. The maximum absolute atomic E-state index is 5.83. The summed E-state index contributed by atoms with van der Waals surface area (Å²) >= 11 is 0. The zero-order chi connectivity index (χ0) is 17.8. The second kappa shape index (κ2) is 7.70. The number of aryl methyl sites for hydroxylation is 1. The van der Waals surface area contributed by atoms with Crippen LogP contribution in [0.5, 0.6) is 5.75 Å². The number of benzene rings is 2. The molecule has 134 valence electrons. The van der Waals surface area contributed by atoms with E-state index >= 15 is 0 Å². The molecule has 1 aromatic heterocycles. The third kappa shape index (κ3) is 3.78. The van der Waals surface area contributed by atoms with E-state index in [0.717, 1.165) is 31.7 Å². The van der Waals surface area contributed by atoms with E-state index in [1.807, 2.05) is 37.3 Å².